The van der Waals surface area contributed by atoms with Gasteiger partial charge in [0.05, 0.1) is 16.6 Å². The number of anilines is 2. The molecule has 0 aliphatic rings. The van der Waals surface area contributed by atoms with Crippen molar-refractivity contribution in [2.45, 2.75) is 0 Å². The van der Waals surface area contributed by atoms with Gasteiger partial charge in [0.2, 0.25) is 5.88 Å². The smallest absolute Gasteiger partial charge is 0.214 e. The number of fused-ring (bicyclic) bond motifs is 1. The van der Waals surface area contributed by atoms with Gasteiger partial charge in [-0.2, -0.15) is 0 Å². The number of nitrogens with zero attached hydrogens (tertiary/aromatic N) is 1. The van der Waals surface area contributed by atoms with Crippen LogP contribution >= 0.6 is 34.2 Å². The number of hydrogen-bond donors (Lipinski definition) is 2. The van der Waals surface area contributed by atoms with Crippen molar-refractivity contribution < 1.29 is 4.42 Å². The van der Waals surface area contributed by atoms with Gasteiger partial charge in [0.25, 0.3) is 0 Å². The van der Waals surface area contributed by atoms with Crippen molar-refractivity contribution in [3.8, 4) is 11.1 Å². The van der Waals surface area contributed by atoms with Crippen LogP contribution in [0.5, 0.6) is 0 Å². The Morgan fingerprint density at radius 1 is 1.21 bits per heavy atom. The molecule has 2 aromatic heterocycles. The van der Waals surface area contributed by atoms with Crippen LogP contribution < -0.4 is 11.5 Å². The molecule has 1 aromatic carbocycles. The number of pyridine rings is 1. The van der Waals surface area contributed by atoms with E-state index in [-0.39, 0.29) is 5.88 Å². The van der Waals surface area contributed by atoms with E-state index in [1.165, 1.54) is 0 Å². The largest absolute Gasteiger partial charge is 0.437 e. The summed E-state index contributed by atoms with van der Waals surface area (Å²) in [4.78, 5) is 4.15. The van der Waals surface area contributed by atoms with Crippen LogP contribution in [-0.2, 0) is 0 Å². The highest BCUT2D eigenvalue weighted by Crippen LogP contribution is 2.38. The monoisotopic (exact) mass is 385 g/mol. The minimum Gasteiger partial charge on any atom is -0.437 e. The van der Waals surface area contributed by atoms with Gasteiger partial charge in [0.15, 0.2) is 5.58 Å². The van der Waals surface area contributed by atoms with Gasteiger partial charge >= 0.3 is 0 Å². The molecule has 0 amide bonds. The first-order chi connectivity index (χ1) is 9.08. The Kier molecular flexibility index (Phi) is 3.02. The van der Waals surface area contributed by atoms with Crippen LogP contribution in [-0.4, -0.2) is 4.98 Å². The van der Waals surface area contributed by atoms with Crippen molar-refractivity contribution in [2.75, 3.05) is 11.5 Å². The van der Waals surface area contributed by atoms with Gasteiger partial charge < -0.3 is 15.9 Å². The number of rotatable bonds is 1. The Balaban J connectivity index is 2.33. The summed E-state index contributed by atoms with van der Waals surface area (Å²) < 4.78 is 6.36. The molecule has 96 valence electrons. The zero-order valence-electron chi connectivity index (χ0n) is 9.65. The average Bonchev–Trinajstić information content (AvgIpc) is 2.69. The lowest BCUT2D eigenvalue weighted by Gasteiger charge is -2.05. The van der Waals surface area contributed by atoms with E-state index in [9.17, 15) is 0 Å². The number of hydrogen-bond acceptors (Lipinski definition) is 4. The van der Waals surface area contributed by atoms with E-state index in [1.807, 2.05) is 18.2 Å². The maximum Gasteiger partial charge on any atom is 0.214 e. The molecule has 3 aromatic rings. The summed E-state index contributed by atoms with van der Waals surface area (Å²) in [5.74, 6) is 0.209. The molecule has 0 aliphatic carbocycles. The number of aromatic nitrogens is 1. The lowest BCUT2D eigenvalue weighted by Crippen LogP contribution is -1.91. The molecule has 0 radical (unpaired) electrons. The summed E-state index contributed by atoms with van der Waals surface area (Å²) in [7, 11) is 0. The SMILES string of the molecule is Nc1oc2cncc(-c3ccc(I)c(Cl)c3)c2c1N. The number of furan rings is 1. The molecule has 0 saturated heterocycles. The van der Waals surface area contributed by atoms with E-state index in [4.69, 9.17) is 27.5 Å². The van der Waals surface area contributed by atoms with E-state index in [1.54, 1.807) is 12.4 Å². The van der Waals surface area contributed by atoms with Gasteiger partial charge in [-0.25, -0.2) is 0 Å². The summed E-state index contributed by atoms with van der Waals surface area (Å²) >= 11 is 8.33. The van der Waals surface area contributed by atoms with Crippen molar-refractivity contribution in [3.63, 3.8) is 0 Å². The number of benzene rings is 1. The van der Waals surface area contributed by atoms with E-state index in [0.717, 1.165) is 20.1 Å². The normalized spacial score (nSPS) is 11.1. The van der Waals surface area contributed by atoms with Crippen LogP contribution in [0.3, 0.4) is 0 Å². The zero-order valence-corrected chi connectivity index (χ0v) is 12.6. The van der Waals surface area contributed by atoms with Crippen molar-refractivity contribution in [1.82, 2.24) is 4.98 Å². The van der Waals surface area contributed by atoms with Crippen molar-refractivity contribution >= 4 is 56.7 Å². The summed E-state index contributed by atoms with van der Waals surface area (Å²) in [5.41, 5.74) is 14.5. The molecule has 0 aliphatic heterocycles. The first-order valence-corrected chi connectivity index (χ1v) is 6.90. The van der Waals surface area contributed by atoms with Crippen molar-refractivity contribution in [2.24, 2.45) is 0 Å². The molecule has 6 heteroatoms. The standard InChI is InChI=1S/C13H9ClIN3O/c14-8-3-6(1-2-9(8)15)7-4-18-5-10-11(7)12(16)13(17)19-10/h1-5H,16-17H2. The lowest BCUT2D eigenvalue weighted by molar-refractivity contribution is 0.637. The van der Waals surface area contributed by atoms with Gasteiger partial charge in [-0.1, -0.05) is 17.7 Å². The second-order valence-electron chi connectivity index (χ2n) is 4.07. The van der Waals surface area contributed by atoms with Crippen LogP contribution in [0, 0.1) is 3.57 Å². The molecule has 4 nitrogen and oxygen atoms in total. The van der Waals surface area contributed by atoms with Crippen LogP contribution in [0.2, 0.25) is 5.02 Å². The highest BCUT2D eigenvalue weighted by Gasteiger charge is 2.15. The Bertz CT molecular complexity index is 785. The number of nitrogens with two attached hydrogens (primary N) is 2. The van der Waals surface area contributed by atoms with Gasteiger partial charge in [-0.3, -0.25) is 4.98 Å². The average molecular weight is 386 g/mol. The highest BCUT2D eigenvalue weighted by atomic mass is 127. The predicted octanol–water partition coefficient (Wildman–Crippen LogP) is 3.92. The maximum absolute atomic E-state index is 6.15. The molecule has 0 saturated carbocycles. The Hall–Kier alpha value is -1.47. The summed E-state index contributed by atoms with van der Waals surface area (Å²) in [6.07, 6.45) is 3.33. The lowest BCUT2D eigenvalue weighted by atomic mass is 10.0. The quantitative estimate of drug-likeness (QED) is 0.622. The molecule has 3 rings (SSSR count). The van der Waals surface area contributed by atoms with Crippen LogP contribution in [0.4, 0.5) is 11.6 Å². The molecule has 2 heterocycles. The fraction of sp³-hybridized carbons (Fsp3) is 0. The molecule has 0 bridgehead atoms. The Morgan fingerprint density at radius 3 is 2.74 bits per heavy atom. The van der Waals surface area contributed by atoms with E-state index in [0.29, 0.717) is 16.3 Å². The maximum atomic E-state index is 6.15. The first kappa shape index (κ1) is 12.6. The third-order valence-electron chi connectivity index (χ3n) is 2.90. The van der Waals surface area contributed by atoms with Gasteiger partial charge in [-0.05, 0) is 40.3 Å². The Labute approximate surface area is 127 Å². The van der Waals surface area contributed by atoms with Gasteiger partial charge in [0, 0.05) is 15.3 Å². The third-order valence-corrected chi connectivity index (χ3v) is 4.47. The fourth-order valence-corrected chi connectivity index (χ4v) is 2.49. The Morgan fingerprint density at radius 2 is 2.00 bits per heavy atom. The van der Waals surface area contributed by atoms with Gasteiger partial charge in [-0.15, -0.1) is 0 Å². The second kappa shape index (κ2) is 4.57. The molecular formula is C13H9ClIN3O. The second-order valence-corrected chi connectivity index (χ2v) is 5.64. The summed E-state index contributed by atoms with van der Waals surface area (Å²) in [6.45, 7) is 0. The van der Waals surface area contributed by atoms with E-state index < -0.39 is 0 Å². The molecule has 0 spiro atoms. The fourth-order valence-electron chi connectivity index (χ4n) is 1.98. The molecule has 19 heavy (non-hydrogen) atoms. The molecule has 0 unspecified atom stereocenters. The van der Waals surface area contributed by atoms with Gasteiger partial charge in [0.1, 0.15) is 5.69 Å². The summed E-state index contributed by atoms with van der Waals surface area (Å²) in [5, 5.41) is 1.45. The van der Waals surface area contributed by atoms with E-state index >= 15 is 0 Å². The summed E-state index contributed by atoms with van der Waals surface area (Å²) in [6, 6.07) is 5.78. The predicted molar refractivity (Wildman–Crippen MR) is 86.0 cm³/mol. The zero-order chi connectivity index (χ0) is 13.6. The molecule has 4 N–H and O–H groups in total. The third kappa shape index (κ3) is 2.02. The van der Waals surface area contributed by atoms with Crippen molar-refractivity contribution in [3.05, 3.63) is 39.2 Å². The first-order valence-electron chi connectivity index (χ1n) is 5.45. The molecular weight excluding hydrogens is 377 g/mol. The van der Waals surface area contributed by atoms with Crippen LogP contribution in [0.1, 0.15) is 0 Å². The highest BCUT2D eigenvalue weighted by molar-refractivity contribution is 14.1. The van der Waals surface area contributed by atoms with Crippen molar-refractivity contribution in [1.29, 1.82) is 0 Å². The number of nitrogen functional groups attached to an aromatic ring is 2. The number of halogens is 2. The minimum absolute atomic E-state index is 0.209. The topological polar surface area (TPSA) is 78.1 Å². The van der Waals surface area contributed by atoms with E-state index in [2.05, 4.69) is 27.6 Å². The molecule has 0 atom stereocenters. The van der Waals surface area contributed by atoms with Crippen LogP contribution in [0.25, 0.3) is 22.1 Å². The minimum atomic E-state index is 0.209. The van der Waals surface area contributed by atoms with Crippen LogP contribution in [0.15, 0.2) is 35.0 Å². The molecule has 0 fully saturated rings.